The second kappa shape index (κ2) is 7.36. The summed E-state index contributed by atoms with van der Waals surface area (Å²) >= 11 is 1.20. The fourth-order valence-electron chi connectivity index (χ4n) is 2.33. The van der Waals surface area contributed by atoms with Gasteiger partial charge in [-0.25, -0.2) is 9.18 Å². The van der Waals surface area contributed by atoms with Crippen LogP contribution < -0.4 is 10.1 Å². The number of alkyl halides is 3. The van der Waals surface area contributed by atoms with Crippen molar-refractivity contribution < 1.29 is 22.4 Å². The third kappa shape index (κ3) is 4.62. The van der Waals surface area contributed by atoms with Crippen LogP contribution in [0, 0.1) is 12.7 Å². The first-order valence-electron chi connectivity index (χ1n) is 7.70. The number of carbonyl (C=O) groups excluding carboxylic acids is 1. The number of nitrogens with one attached hydrogen (secondary N) is 1. The lowest BCUT2D eigenvalue weighted by molar-refractivity contribution is -0.137. The van der Waals surface area contributed by atoms with E-state index in [4.69, 9.17) is 0 Å². The molecule has 1 aromatic heterocycles. The molecule has 2 aromatic carbocycles. The first-order valence-corrected chi connectivity index (χ1v) is 8.52. The van der Waals surface area contributed by atoms with E-state index in [1.165, 1.54) is 46.2 Å². The third-order valence-corrected chi connectivity index (χ3v) is 4.41. The molecule has 0 aliphatic carbocycles. The molecule has 9 heteroatoms. The molecule has 0 spiro atoms. The molecule has 0 radical (unpaired) electrons. The van der Waals surface area contributed by atoms with E-state index in [-0.39, 0.29) is 10.5 Å². The molecule has 1 N–H and O–H groups in total. The zero-order valence-electron chi connectivity index (χ0n) is 13.9. The maximum Gasteiger partial charge on any atom is 0.416 e. The molecular formula is C18H13F4N3OS. The number of hydrogen-bond acceptors (Lipinski definition) is 2. The van der Waals surface area contributed by atoms with E-state index < -0.39 is 23.6 Å². The molecule has 0 unspecified atom stereocenters. The number of urea groups is 1. The van der Waals surface area contributed by atoms with Gasteiger partial charge in [0.1, 0.15) is 5.82 Å². The third-order valence-electron chi connectivity index (χ3n) is 3.52. The number of carbonyl (C=O) groups is 1. The average molecular weight is 395 g/mol. The van der Waals surface area contributed by atoms with Crippen molar-refractivity contribution in [1.82, 2.24) is 4.57 Å². The number of halogens is 4. The lowest BCUT2D eigenvalue weighted by atomic mass is 10.2. The highest BCUT2D eigenvalue weighted by Gasteiger charge is 2.30. The van der Waals surface area contributed by atoms with Gasteiger partial charge in [-0.1, -0.05) is 6.07 Å². The second-order valence-electron chi connectivity index (χ2n) is 5.59. The van der Waals surface area contributed by atoms with Crippen molar-refractivity contribution in [3.05, 3.63) is 75.8 Å². The van der Waals surface area contributed by atoms with Crippen LogP contribution >= 0.6 is 11.3 Å². The molecule has 3 aromatic rings. The van der Waals surface area contributed by atoms with Gasteiger partial charge >= 0.3 is 12.2 Å². The molecule has 0 saturated carbocycles. The van der Waals surface area contributed by atoms with E-state index in [9.17, 15) is 22.4 Å². The lowest BCUT2D eigenvalue weighted by Gasteiger charge is -2.08. The molecule has 0 atom stereocenters. The van der Waals surface area contributed by atoms with Gasteiger partial charge in [0.2, 0.25) is 0 Å². The van der Waals surface area contributed by atoms with E-state index in [2.05, 4.69) is 10.3 Å². The molecule has 27 heavy (non-hydrogen) atoms. The van der Waals surface area contributed by atoms with Crippen LogP contribution in [-0.4, -0.2) is 10.6 Å². The second-order valence-corrected chi connectivity index (χ2v) is 6.80. The lowest BCUT2D eigenvalue weighted by Crippen LogP contribution is -2.17. The summed E-state index contributed by atoms with van der Waals surface area (Å²) in [7, 11) is 0. The van der Waals surface area contributed by atoms with E-state index in [1.54, 1.807) is 13.1 Å². The number of aromatic nitrogens is 1. The SMILES string of the molecule is Cc1cn(-c2ccc(C(F)(F)F)cc2)c(=NC(=O)Nc2cccc(F)c2)s1. The molecule has 0 bridgehead atoms. The molecule has 0 aliphatic heterocycles. The normalized spacial score (nSPS) is 12.3. The number of aryl methyl sites for hydroxylation is 1. The predicted molar refractivity (Wildman–Crippen MR) is 94.4 cm³/mol. The maximum absolute atomic E-state index is 13.2. The van der Waals surface area contributed by atoms with E-state index in [0.29, 0.717) is 5.69 Å². The van der Waals surface area contributed by atoms with Gasteiger partial charge in [0.15, 0.2) is 4.80 Å². The Morgan fingerprint density at radius 1 is 1.15 bits per heavy atom. The average Bonchev–Trinajstić information content (AvgIpc) is 2.94. The molecule has 140 valence electrons. The quantitative estimate of drug-likeness (QED) is 0.600. The van der Waals surface area contributed by atoms with Crippen LogP contribution in [0.2, 0.25) is 0 Å². The summed E-state index contributed by atoms with van der Waals surface area (Å²) in [4.78, 5) is 17.1. The van der Waals surface area contributed by atoms with Crippen molar-refractivity contribution in [2.24, 2.45) is 4.99 Å². The van der Waals surface area contributed by atoms with Crippen LogP contribution in [0.25, 0.3) is 5.69 Å². The highest BCUT2D eigenvalue weighted by atomic mass is 32.1. The summed E-state index contributed by atoms with van der Waals surface area (Å²) in [6, 6.07) is 9.17. The minimum absolute atomic E-state index is 0.248. The standard InChI is InChI=1S/C18H13F4N3OS/c1-11-10-25(15-7-5-12(6-8-15)18(20,21)22)17(27-11)24-16(26)23-14-4-2-3-13(19)9-14/h2-10H,1H3,(H,23,26). The van der Waals surface area contributed by atoms with Crippen molar-refractivity contribution in [2.75, 3.05) is 5.32 Å². The minimum atomic E-state index is -4.42. The summed E-state index contributed by atoms with van der Waals surface area (Å²) in [5.74, 6) is -0.500. The summed E-state index contributed by atoms with van der Waals surface area (Å²) in [6.45, 7) is 1.79. The zero-order chi connectivity index (χ0) is 19.6. The first-order chi connectivity index (χ1) is 12.7. The number of amides is 2. The molecule has 1 heterocycles. The largest absolute Gasteiger partial charge is 0.416 e. The highest BCUT2D eigenvalue weighted by Crippen LogP contribution is 2.29. The summed E-state index contributed by atoms with van der Waals surface area (Å²) < 4.78 is 52.8. The minimum Gasteiger partial charge on any atom is -0.306 e. The van der Waals surface area contributed by atoms with Gasteiger partial charge in [-0.3, -0.25) is 4.57 Å². The maximum atomic E-state index is 13.2. The van der Waals surface area contributed by atoms with Crippen LogP contribution in [0.5, 0.6) is 0 Å². The van der Waals surface area contributed by atoms with E-state index in [0.717, 1.165) is 23.1 Å². The Labute approximate surface area is 155 Å². The van der Waals surface area contributed by atoms with Gasteiger partial charge in [0.25, 0.3) is 0 Å². The van der Waals surface area contributed by atoms with Crippen LogP contribution in [0.1, 0.15) is 10.4 Å². The van der Waals surface area contributed by atoms with E-state index in [1.807, 2.05) is 0 Å². The smallest absolute Gasteiger partial charge is 0.306 e. The van der Waals surface area contributed by atoms with Crippen LogP contribution in [0.4, 0.5) is 28.0 Å². The number of rotatable bonds is 2. The van der Waals surface area contributed by atoms with Gasteiger partial charge in [-0.15, -0.1) is 11.3 Å². The Hall–Kier alpha value is -2.94. The fourth-order valence-corrected chi connectivity index (χ4v) is 3.16. The monoisotopic (exact) mass is 395 g/mol. The van der Waals surface area contributed by atoms with E-state index >= 15 is 0 Å². The predicted octanol–water partition coefficient (Wildman–Crippen LogP) is 5.14. The molecule has 0 fully saturated rings. The highest BCUT2D eigenvalue weighted by molar-refractivity contribution is 7.09. The number of nitrogens with zero attached hydrogens (tertiary/aromatic N) is 2. The van der Waals surface area contributed by atoms with Crippen LogP contribution in [0.3, 0.4) is 0 Å². The number of thiazole rings is 1. The van der Waals surface area contributed by atoms with Crippen LogP contribution in [0.15, 0.2) is 59.7 Å². The van der Waals surface area contributed by atoms with Crippen molar-refractivity contribution in [3.63, 3.8) is 0 Å². The van der Waals surface area contributed by atoms with Crippen molar-refractivity contribution in [3.8, 4) is 5.69 Å². The van der Waals surface area contributed by atoms with Crippen molar-refractivity contribution in [2.45, 2.75) is 13.1 Å². The Bertz CT molecular complexity index is 1040. The first kappa shape index (κ1) is 18.8. The molecular weight excluding hydrogens is 382 g/mol. The van der Waals surface area contributed by atoms with Crippen molar-refractivity contribution in [1.29, 1.82) is 0 Å². The molecule has 2 amide bonds. The topological polar surface area (TPSA) is 46.4 Å². The van der Waals surface area contributed by atoms with Gasteiger partial charge in [-0.2, -0.15) is 18.2 Å². The number of hydrogen-bond donors (Lipinski definition) is 1. The Balaban J connectivity index is 1.91. The van der Waals surface area contributed by atoms with Gasteiger partial charge in [0.05, 0.1) is 5.56 Å². The molecule has 0 aliphatic rings. The molecule has 3 rings (SSSR count). The Morgan fingerprint density at radius 3 is 2.48 bits per heavy atom. The number of anilines is 1. The summed E-state index contributed by atoms with van der Waals surface area (Å²) in [5, 5.41) is 2.45. The Kier molecular flexibility index (Phi) is 5.13. The molecule has 4 nitrogen and oxygen atoms in total. The van der Waals surface area contributed by atoms with Gasteiger partial charge in [-0.05, 0) is 49.4 Å². The molecule has 0 saturated heterocycles. The van der Waals surface area contributed by atoms with Gasteiger partial charge in [0, 0.05) is 22.4 Å². The zero-order valence-corrected chi connectivity index (χ0v) is 14.7. The van der Waals surface area contributed by atoms with Crippen LogP contribution in [-0.2, 0) is 6.18 Å². The van der Waals surface area contributed by atoms with Crippen molar-refractivity contribution >= 4 is 23.1 Å². The fraction of sp³-hybridized carbons (Fsp3) is 0.111. The summed E-state index contributed by atoms with van der Waals surface area (Å²) in [5.41, 5.74) is -0.0797. The number of benzene rings is 2. The Morgan fingerprint density at radius 2 is 1.85 bits per heavy atom. The summed E-state index contributed by atoms with van der Waals surface area (Å²) in [6.07, 6.45) is -2.76. The van der Waals surface area contributed by atoms with Gasteiger partial charge < -0.3 is 5.32 Å².